The molecular weight excluding hydrogens is 324 g/mol. The van der Waals surface area contributed by atoms with Gasteiger partial charge in [-0.15, -0.1) is 0 Å². The first-order valence-electron chi connectivity index (χ1n) is 6.35. The average molecular weight is 343 g/mol. The quantitative estimate of drug-likeness (QED) is 0.792. The van der Waals surface area contributed by atoms with E-state index >= 15 is 0 Å². The summed E-state index contributed by atoms with van der Waals surface area (Å²) in [5.74, 6) is -0.291. The molecule has 0 bridgehead atoms. The monoisotopic (exact) mass is 342 g/mol. The van der Waals surface area contributed by atoms with Crippen LogP contribution >= 0.6 is 15.9 Å². The lowest BCUT2D eigenvalue weighted by Gasteiger charge is -2.12. The fourth-order valence-electron chi connectivity index (χ4n) is 1.63. The molecule has 1 aromatic carbocycles. The molecule has 2 N–H and O–H groups in total. The molecule has 0 saturated heterocycles. The van der Waals surface area contributed by atoms with E-state index in [0.717, 1.165) is 4.47 Å². The van der Waals surface area contributed by atoms with Crippen molar-refractivity contribution in [2.75, 3.05) is 20.3 Å². The molecule has 0 radical (unpaired) electrons. The molecule has 1 aromatic rings. The largest absolute Gasteiger partial charge is 0.383 e. The summed E-state index contributed by atoms with van der Waals surface area (Å²) in [6.45, 7) is 2.64. The van der Waals surface area contributed by atoms with Gasteiger partial charge in [0.25, 0.3) is 5.91 Å². The number of carbonyl (C=O) groups is 2. The number of hydrogen-bond donors (Lipinski definition) is 2. The van der Waals surface area contributed by atoms with Gasteiger partial charge in [0.05, 0.1) is 6.61 Å². The molecule has 0 spiro atoms. The van der Waals surface area contributed by atoms with Crippen LogP contribution in [0, 0.1) is 0 Å². The zero-order valence-electron chi connectivity index (χ0n) is 11.6. The second-order valence-electron chi connectivity index (χ2n) is 4.44. The number of ether oxygens (including phenoxy) is 1. The Hall–Kier alpha value is -1.40. The van der Waals surface area contributed by atoms with Crippen molar-refractivity contribution in [3.8, 4) is 0 Å². The van der Waals surface area contributed by atoms with Gasteiger partial charge in [-0.2, -0.15) is 0 Å². The Kier molecular flexibility index (Phi) is 7.25. The fraction of sp³-hybridized carbons (Fsp3) is 0.429. The normalized spacial score (nSPS) is 11.8. The molecule has 0 saturated carbocycles. The van der Waals surface area contributed by atoms with Gasteiger partial charge in [-0.05, 0) is 31.2 Å². The third-order valence-corrected chi connectivity index (χ3v) is 3.10. The second-order valence-corrected chi connectivity index (χ2v) is 5.35. The summed E-state index contributed by atoms with van der Waals surface area (Å²) in [5.41, 5.74) is 0.571. The molecule has 110 valence electrons. The van der Waals surface area contributed by atoms with Crippen molar-refractivity contribution in [1.82, 2.24) is 10.6 Å². The highest BCUT2D eigenvalue weighted by Crippen LogP contribution is 2.10. The number of carbonyl (C=O) groups excluding carboxylic acids is 2. The summed E-state index contributed by atoms with van der Waals surface area (Å²) in [6, 6.07) is 7.01. The van der Waals surface area contributed by atoms with E-state index in [1.165, 1.54) is 0 Å². The summed E-state index contributed by atoms with van der Waals surface area (Å²) in [4.78, 5) is 23.4. The van der Waals surface area contributed by atoms with Gasteiger partial charge in [0, 0.05) is 36.2 Å². The molecule has 1 rings (SSSR count). The lowest BCUT2D eigenvalue weighted by molar-refractivity contribution is -0.121. The molecule has 1 atom stereocenters. The zero-order valence-corrected chi connectivity index (χ0v) is 13.2. The summed E-state index contributed by atoms with van der Waals surface area (Å²) in [7, 11) is 1.58. The number of benzene rings is 1. The molecule has 20 heavy (non-hydrogen) atoms. The number of rotatable bonds is 7. The highest BCUT2D eigenvalue weighted by molar-refractivity contribution is 9.10. The highest BCUT2D eigenvalue weighted by Gasteiger charge is 2.08. The van der Waals surface area contributed by atoms with Gasteiger partial charge in [-0.1, -0.05) is 15.9 Å². The fourth-order valence-corrected chi connectivity index (χ4v) is 1.90. The van der Waals surface area contributed by atoms with Crippen LogP contribution < -0.4 is 10.6 Å². The number of halogens is 1. The van der Waals surface area contributed by atoms with Crippen LogP contribution in [0.1, 0.15) is 23.7 Å². The highest BCUT2D eigenvalue weighted by atomic mass is 79.9. The van der Waals surface area contributed by atoms with Crippen LogP contribution in [0.5, 0.6) is 0 Å². The molecule has 0 aliphatic heterocycles. The molecule has 5 nitrogen and oxygen atoms in total. The predicted molar refractivity (Wildman–Crippen MR) is 80.6 cm³/mol. The maximum atomic E-state index is 11.8. The van der Waals surface area contributed by atoms with E-state index in [9.17, 15) is 9.59 Å². The molecule has 2 amide bonds. The van der Waals surface area contributed by atoms with Gasteiger partial charge >= 0.3 is 0 Å². The number of methoxy groups -OCH3 is 1. The zero-order chi connectivity index (χ0) is 15.0. The summed E-state index contributed by atoms with van der Waals surface area (Å²) >= 11 is 3.31. The number of nitrogens with one attached hydrogen (secondary N) is 2. The molecule has 6 heteroatoms. The molecule has 0 fully saturated rings. The van der Waals surface area contributed by atoms with E-state index in [4.69, 9.17) is 4.74 Å². The van der Waals surface area contributed by atoms with E-state index in [2.05, 4.69) is 26.6 Å². The standard InChI is InChI=1S/C14H19BrN2O3/c1-10(9-20-2)17-13(18)7-8-16-14(19)11-3-5-12(15)6-4-11/h3-6,10H,7-9H2,1-2H3,(H,16,19)(H,17,18). The third kappa shape index (κ3) is 6.16. The van der Waals surface area contributed by atoms with Gasteiger partial charge < -0.3 is 15.4 Å². The smallest absolute Gasteiger partial charge is 0.251 e. The third-order valence-electron chi connectivity index (χ3n) is 2.57. The minimum absolute atomic E-state index is 0.0327. The maximum absolute atomic E-state index is 11.8. The van der Waals surface area contributed by atoms with E-state index in [1.54, 1.807) is 31.4 Å². The lowest BCUT2D eigenvalue weighted by atomic mass is 10.2. The topological polar surface area (TPSA) is 67.4 Å². The van der Waals surface area contributed by atoms with Crippen LogP contribution in [-0.2, 0) is 9.53 Å². The Labute approximate surface area is 127 Å². The SMILES string of the molecule is COCC(C)NC(=O)CCNC(=O)c1ccc(Br)cc1. The van der Waals surface area contributed by atoms with Crippen LogP contribution in [0.25, 0.3) is 0 Å². The van der Waals surface area contributed by atoms with Crippen molar-refractivity contribution in [1.29, 1.82) is 0 Å². The van der Waals surface area contributed by atoms with Crippen LogP contribution in [0.15, 0.2) is 28.7 Å². The minimum atomic E-state index is -0.185. The Bertz CT molecular complexity index is 448. The predicted octanol–water partition coefficient (Wildman–Crippen LogP) is 1.72. The first-order valence-corrected chi connectivity index (χ1v) is 7.14. The summed E-state index contributed by atoms with van der Waals surface area (Å²) < 4.78 is 5.84. The van der Waals surface area contributed by atoms with E-state index < -0.39 is 0 Å². The summed E-state index contributed by atoms with van der Waals surface area (Å²) in [5, 5.41) is 5.49. The Morgan fingerprint density at radius 1 is 1.30 bits per heavy atom. The van der Waals surface area contributed by atoms with Crippen LogP contribution in [0.4, 0.5) is 0 Å². The van der Waals surface area contributed by atoms with Crippen molar-refractivity contribution in [2.45, 2.75) is 19.4 Å². The average Bonchev–Trinajstić information content (AvgIpc) is 2.39. The van der Waals surface area contributed by atoms with Crippen molar-refractivity contribution in [3.63, 3.8) is 0 Å². The number of amides is 2. The van der Waals surface area contributed by atoms with Crippen molar-refractivity contribution < 1.29 is 14.3 Å². The van der Waals surface area contributed by atoms with Crippen LogP contribution in [0.3, 0.4) is 0 Å². The van der Waals surface area contributed by atoms with Gasteiger partial charge in [-0.3, -0.25) is 9.59 Å². The molecule has 1 unspecified atom stereocenters. The summed E-state index contributed by atoms with van der Waals surface area (Å²) in [6.07, 6.45) is 0.246. The minimum Gasteiger partial charge on any atom is -0.383 e. The van der Waals surface area contributed by atoms with Crippen LogP contribution in [-0.4, -0.2) is 38.1 Å². The first-order chi connectivity index (χ1) is 9.52. The van der Waals surface area contributed by atoms with E-state index in [-0.39, 0.29) is 24.3 Å². The van der Waals surface area contributed by atoms with Gasteiger partial charge in [0.15, 0.2) is 0 Å². The van der Waals surface area contributed by atoms with Crippen molar-refractivity contribution >= 4 is 27.7 Å². The van der Waals surface area contributed by atoms with Gasteiger partial charge in [0.1, 0.15) is 0 Å². The Morgan fingerprint density at radius 3 is 2.55 bits per heavy atom. The molecule has 0 heterocycles. The second kappa shape index (κ2) is 8.71. The molecular formula is C14H19BrN2O3. The van der Waals surface area contributed by atoms with E-state index in [1.807, 2.05) is 6.92 Å². The molecule has 0 aromatic heterocycles. The van der Waals surface area contributed by atoms with Crippen LogP contribution in [0.2, 0.25) is 0 Å². The van der Waals surface area contributed by atoms with E-state index in [0.29, 0.717) is 18.7 Å². The van der Waals surface area contributed by atoms with Crippen molar-refractivity contribution in [2.24, 2.45) is 0 Å². The van der Waals surface area contributed by atoms with Gasteiger partial charge in [0.2, 0.25) is 5.91 Å². The Morgan fingerprint density at radius 2 is 1.95 bits per heavy atom. The van der Waals surface area contributed by atoms with Crippen molar-refractivity contribution in [3.05, 3.63) is 34.3 Å². The first kappa shape index (κ1) is 16.7. The van der Waals surface area contributed by atoms with Gasteiger partial charge in [-0.25, -0.2) is 0 Å². The lowest BCUT2D eigenvalue weighted by Crippen LogP contribution is -2.37. The maximum Gasteiger partial charge on any atom is 0.251 e. The molecule has 0 aliphatic carbocycles. The Balaban J connectivity index is 2.28. The number of hydrogen-bond acceptors (Lipinski definition) is 3. The molecule has 0 aliphatic rings.